The second kappa shape index (κ2) is 6.49. The van der Waals surface area contributed by atoms with Crippen molar-refractivity contribution in [2.45, 2.75) is 65.0 Å². The van der Waals surface area contributed by atoms with Crippen molar-refractivity contribution < 1.29 is 19.5 Å². The minimum absolute atomic E-state index is 0.139. The van der Waals surface area contributed by atoms with Gasteiger partial charge >= 0.3 is 5.97 Å². The van der Waals surface area contributed by atoms with Crippen LogP contribution >= 0.6 is 0 Å². The molecule has 7 heteroatoms. The van der Waals surface area contributed by atoms with Crippen molar-refractivity contribution in [3.8, 4) is 0 Å². The third-order valence-electron chi connectivity index (χ3n) is 3.88. The largest absolute Gasteiger partial charge is 0.603 e. The summed E-state index contributed by atoms with van der Waals surface area (Å²) in [5, 5.41) is 28.7. The van der Waals surface area contributed by atoms with Gasteiger partial charge in [-0.15, -0.1) is 0 Å². The predicted molar refractivity (Wildman–Crippen MR) is 73.2 cm³/mol. The first-order chi connectivity index (χ1) is 9.19. The average Bonchev–Trinajstić information content (AvgIpc) is 2.37. The maximum absolute atomic E-state index is 12.4. The molecule has 0 spiro atoms. The molecule has 0 aromatic carbocycles. The Balaban J connectivity index is 2.48. The summed E-state index contributed by atoms with van der Waals surface area (Å²) in [5.74, 6) is -1.04. The summed E-state index contributed by atoms with van der Waals surface area (Å²) in [6, 6.07) is 0. The first-order valence-electron chi connectivity index (χ1n) is 7.10. The van der Waals surface area contributed by atoms with Gasteiger partial charge in [0, 0.05) is 0 Å². The highest BCUT2D eigenvalue weighted by atomic mass is 16.7. The first-order valence-corrected chi connectivity index (χ1v) is 7.10. The summed E-state index contributed by atoms with van der Waals surface area (Å²) in [7, 11) is 0. The van der Waals surface area contributed by atoms with Gasteiger partial charge < -0.3 is 15.2 Å². The van der Waals surface area contributed by atoms with E-state index >= 15 is 0 Å². The molecule has 1 aliphatic carbocycles. The van der Waals surface area contributed by atoms with Gasteiger partial charge in [-0.2, -0.15) is 0 Å². The van der Waals surface area contributed by atoms with Crippen LogP contribution in [0.25, 0.3) is 0 Å². The fraction of sp³-hybridized carbons (Fsp3) is 0.923. The highest BCUT2D eigenvalue weighted by molar-refractivity contribution is 5.69. The summed E-state index contributed by atoms with van der Waals surface area (Å²) in [5.41, 5.74) is -0.595. The molecule has 1 unspecified atom stereocenters. The average molecular weight is 287 g/mol. The van der Waals surface area contributed by atoms with E-state index < -0.39 is 16.3 Å². The molecule has 1 N–H and O–H groups in total. The minimum Gasteiger partial charge on any atom is -0.603 e. The van der Waals surface area contributed by atoms with Crippen LogP contribution in [0.5, 0.6) is 0 Å². The molecule has 1 atom stereocenters. The molecule has 20 heavy (non-hydrogen) atoms. The maximum Gasteiger partial charge on any atom is 0.306 e. The number of quaternary nitrogens is 1. The molecule has 0 radical (unpaired) electrons. The Labute approximate surface area is 119 Å². The summed E-state index contributed by atoms with van der Waals surface area (Å²) < 4.78 is -0.794. The highest BCUT2D eigenvalue weighted by Gasteiger charge is 2.33. The highest BCUT2D eigenvalue weighted by Crippen LogP contribution is 2.28. The molecule has 0 aromatic rings. The minimum atomic E-state index is -0.794. The van der Waals surface area contributed by atoms with Gasteiger partial charge in [0.15, 0.2) is 0 Å². The number of carbonyl (C=O) groups is 1. The first kappa shape index (κ1) is 16.8. The lowest BCUT2D eigenvalue weighted by Gasteiger charge is -2.43. The van der Waals surface area contributed by atoms with Crippen LogP contribution in [0.4, 0.5) is 0 Å². The van der Waals surface area contributed by atoms with E-state index in [1.165, 1.54) is 0 Å². The van der Waals surface area contributed by atoms with E-state index in [-0.39, 0.29) is 18.6 Å². The molecule has 1 aliphatic rings. The van der Waals surface area contributed by atoms with E-state index in [4.69, 9.17) is 9.94 Å². The van der Waals surface area contributed by atoms with Crippen LogP contribution in [0.2, 0.25) is 0 Å². The van der Waals surface area contributed by atoms with Crippen molar-refractivity contribution in [3.63, 3.8) is 0 Å². The SMILES string of the molecule is CC[N+]([O-])(/N=N/OC1CCC(C(=O)O)CC1)C(C)(C)C. The van der Waals surface area contributed by atoms with Crippen molar-refractivity contribution in [3.05, 3.63) is 5.21 Å². The summed E-state index contributed by atoms with van der Waals surface area (Å²) in [4.78, 5) is 16.1. The van der Waals surface area contributed by atoms with Crippen LogP contribution in [0, 0.1) is 11.1 Å². The summed E-state index contributed by atoms with van der Waals surface area (Å²) >= 11 is 0. The molecule has 1 saturated carbocycles. The quantitative estimate of drug-likeness (QED) is 0.477. The molecule has 116 valence electrons. The smallest absolute Gasteiger partial charge is 0.306 e. The predicted octanol–water partition coefficient (Wildman–Crippen LogP) is 3.06. The molecule has 0 saturated heterocycles. The zero-order chi connectivity index (χ0) is 15.4. The Morgan fingerprint density at radius 2 is 1.90 bits per heavy atom. The van der Waals surface area contributed by atoms with Gasteiger partial charge in [-0.05, 0) is 53.4 Å². The second-order valence-corrected chi connectivity index (χ2v) is 6.28. The number of hydrogen-bond donors (Lipinski definition) is 1. The normalized spacial score (nSPS) is 27.2. The van der Waals surface area contributed by atoms with Gasteiger partial charge in [-0.3, -0.25) is 4.79 Å². The Kier molecular flexibility index (Phi) is 5.47. The molecule has 0 aliphatic heterocycles. The lowest BCUT2D eigenvalue weighted by atomic mass is 9.88. The Hall–Kier alpha value is -1.21. The van der Waals surface area contributed by atoms with E-state index in [1.807, 2.05) is 0 Å². The number of nitrogens with zero attached hydrogens (tertiary/aromatic N) is 3. The lowest BCUT2D eigenvalue weighted by molar-refractivity contribution is -0.937. The Morgan fingerprint density at radius 3 is 2.30 bits per heavy atom. The Morgan fingerprint density at radius 1 is 1.35 bits per heavy atom. The summed E-state index contributed by atoms with van der Waals surface area (Å²) in [6.45, 7) is 7.46. The standard InChI is InChI=1S/C13H25N3O4/c1-5-16(19,13(2,3)4)14-15-20-11-8-6-10(7-9-11)12(17)18/h10-11H,5-9H2,1-4H3,(H,17,18)/b15-14+. The van der Waals surface area contributed by atoms with Crippen LogP contribution in [0.15, 0.2) is 10.5 Å². The van der Waals surface area contributed by atoms with Crippen LogP contribution in [-0.2, 0) is 9.63 Å². The molecule has 1 fully saturated rings. The summed E-state index contributed by atoms with van der Waals surface area (Å²) in [6.07, 6.45) is 2.30. The lowest BCUT2D eigenvalue weighted by Crippen LogP contribution is -2.51. The monoisotopic (exact) mass is 287 g/mol. The van der Waals surface area contributed by atoms with Crippen LogP contribution in [-0.4, -0.2) is 34.0 Å². The number of carboxylic acids is 1. The Bertz CT molecular complexity index is 359. The number of aliphatic carboxylic acids is 1. The fourth-order valence-electron chi connectivity index (χ4n) is 2.23. The van der Waals surface area contributed by atoms with E-state index in [0.717, 1.165) is 0 Å². The van der Waals surface area contributed by atoms with Crippen molar-refractivity contribution in [2.24, 2.45) is 16.4 Å². The molecule has 0 aromatic heterocycles. The third kappa shape index (κ3) is 4.14. The van der Waals surface area contributed by atoms with Gasteiger partial charge in [-0.1, -0.05) is 0 Å². The zero-order valence-corrected chi connectivity index (χ0v) is 12.7. The third-order valence-corrected chi connectivity index (χ3v) is 3.88. The fourth-order valence-corrected chi connectivity index (χ4v) is 2.23. The van der Waals surface area contributed by atoms with Crippen molar-refractivity contribution >= 4 is 5.97 Å². The van der Waals surface area contributed by atoms with Crippen molar-refractivity contribution in [1.29, 1.82) is 0 Å². The molecular weight excluding hydrogens is 262 g/mol. The zero-order valence-electron chi connectivity index (χ0n) is 12.7. The van der Waals surface area contributed by atoms with Gasteiger partial charge in [-0.25, -0.2) is 4.76 Å². The molecule has 0 bridgehead atoms. The molecular formula is C13H25N3O4. The molecule has 7 nitrogen and oxygen atoms in total. The van der Waals surface area contributed by atoms with E-state index in [0.29, 0.717) is 25.7 Å². The molecule has 1 rings (SSSR count). The van der Waals surface area contributed by atoms with Crippen LogP contribution in [0.1, 0.15) is 53.4 Å². The van der Waals surface area contributed by atoms with E-state index in [9.17, 15) is 10.0 Å². The number of rotatable bonds is 5. The molecule has 0 heterocycles. The topological polar surface area (TPSA) is 94.3 Å². The van der Waals surface area contributed by atoms with Crippen LogP contribution in [0.3, 0.4) is 0 Å². The van der Waals surface area contributed by atoms with Crippen molar-refractivity contribution in [1.82, 2.24) is 0 Å². The van der Waals surface area contributed by atoms with E-state index in [2.05, 4.69) is 10.5 Å². The second-order valence-electron chi connectivity index (χ2n) is 6.28. The van der Waals surface area contributed by atoms with Gasteiger partial charge in [0.25, 0.3) is 0 Å². The maximum atomic E-state index is 12.4. The molecule has 0 amide bonds. The van der Waals surface area contributed by atoms with Gasteiger partial charge in [0.05, 0.1) is 16.4 Å². The van der Waals surface area contributed by atoms with E-state index in [1.54, 1.807) is 27.7 Å². The number of hydrogen-bond acceptors (Lipinski definition) is 5. The van der Waals surface area contributed by atoms with Crippen LogP contribution < -0.4 is 0 Å². The number of hydroxylamine groups is 2. The van der Waals surface area contributed by atoms with Gasteiger partial charge in [0.2, 0.25) is 0 Å². The number of carboxylic acid groups (broad SMARTS) is 1. The van der Waals surface area contributed by atoms with Gasteiger partial charge in [0.1, 0.15) is 18.2 Å². The van der Waals surface area contributed by atoms with Crippen molar-refractivity contribution in [2.75, 3.05) is 6.54 Å².